The Morgan fingerprint density at radius 1 is 1.16 bits per heavy atom. The number of carbonyl (C=O) groups is 2. The molecule has 1 aromatic carbocycles. The molecule has 0 bridgehead atoms. The van der Waals surface area contributed by atoms with E-state index in [0.717, 1.165) is 25.9 Å². The molecule has 1 aliphatic carbocycles. The number of halogens is 1. The van der Waals surface area contributed by atoms with Crippen LogP contribution in [0.15, 0.2) is 12.1 Å². The maximum absolute atomic E-state index is 12.4. The quantitative estimate of drug-likeness (QED) is 0.463. The first-order valence-electron chi connectivity index (χ1n) is 11.3. The van der Waals surface area contributed by atoms with Crippen molar-refractivity contribution in [2.45, 2.75) is 57.4 Å². The average molecular weight is 452 g/mol. The molecule has 1 aliphatic heterocycles. The predicted octanol–water partition coefficient (Wildman–Crippen LogP) is 3.64. The maximum Gasteiger partial charge on any atom is 0.342 e. The third-order valence-corrected chi connectivity index (χ3v) is 6.66. The van der Waals surface area contributed by atoms with Crippen LogP contribution in [0, 0.1) is 5.92 Å². The van der Waals surface area contributed by atoms with Crippen LogP contribution in [0.1, 0.15) is 61.7 Å². The number of nitrogens with two attached hydrogens (primary N) is 1. The minimum absolute atomic E-state index is 0.204. The van der Waals surface area contributed by atoms with Crippen molar-refractivity contribution in [3.8, 4) is 5.75 Å². The number of ether oxygens (including phenoxy) is 2. The predicted molar refractivity (Wildman–Crippen MR) is 121 cm³/mol. The van der Waals surface area contributed by atoms with Gasteiger partial charge >= 0.3 is 5.97 Å². The molecule has 3 rings (SSSR count). The molecule has 0 atom stereocenters. The van der Waals surface area contributed by atoms with Crippen molar-refractivity contribution in [3.63, 3.8) is 0 Å². The van der Waals surface area contributed by atoms with Gasteiger partial charge in [0.25, 0.3) is 0 Å². The SMILES string of the molecule is COc1cc(N)c(Cl)cc1C(=O)OCCN1CCC(NC(=O)CC2CCCCC2)CC1. The molecule has 2 fully saturated rings. The second-order valence-corrected chi connectivity index (χ2v) is 9.01. The van der Waals surface area contributed by atoms with Crippen molar-refractivity contribution in [2.75, 3.05) is 39.1 Å². The molecule has 1 heterocycles. The first-order valence-corrected chi connectivity index (χ1v) is 11.7. The highest BCUT2D eigenvalue weighted by atomic mass is 35.5. The Morgan fingerprint density at radius 3 is 2.55 bits per heavy atom. The molecule has 1 saturated heterocycles. The molecule has 1 saturated carbocycles. The summed E-state index contributed by atoms with van der Waals surface area (Å²) < 4.78 is 10.6. The van der Waals surface area contributed by atoms with Gasteiger partial charge in [0.2, 0.25) is 5.91 Å². The Hall–Kier alpha value is -1.99. The number of nitrogens with one attached hydrogen (secondary N) is 1. The number of anilines is 1. The van der Waals surface area contributed by atoms with Gasteiger partial charge in [-0.05, 0) is 37.7 Å². The maximum atomic E-state index is 12.4. The fourth-order valence-corrected chi connectivity index (χ4v) is 4.65. The van der Waals surface area contributed by atoms with Crippen molar-refractivity contribution < 1.29 is 19.1 Å². The van der Waals surface area contributed by atoms with Gasteiger partial charge < -0.3 is 20.5 Å². The minimum atomic E-state index is -0.483. The van der Waals surface area contributed by atoms with E-state index < -0.39 is 5.97 Å². The van der Waals surface area contributed by atoms with Gasteiger partial charge in [0.15, 0.2) is 0 Å². The molecule has 0 spiro atoms. The van der Waals surface area contributed by atoms with Gasteiger partial charge in [0.05, 0.1) is 17.8 Å². The Balaban J connectivity index is 1.35. The lowest BCUT2D eigenvalue weighted by molar-refractivity contribution is -0.123. The molecule has 0 aromatic heterocycles. The smallest absolute Gasteiger partial charge is 0.342 e. The summed E-state index contributed by atoms with van der Waals surface area (Å²) in [7, 11) is 1.47. The zero-order valence-corrected chi connectivity index (χ0v) is 19.1. The number of amides is 1. The van der Waals surface area contributed by atoms with E-state index in [1.54, 1.807) is 0 Å². The average Bonchev–Trinajstić information content (AvgIpc) is 2.77. The molecule has 1 aromatic rings. The summed E-state index contributed by atoms with van der Waals surface area (Å²) in [5.41, 5.74) is 6.37. The number of methoxy groups -OCH3 is 1. The number of piperidine rings is 1. The van der Waals surface area contributed by atoms with Crippen molar-refractivity contribution in [3.05, 3.63) is 22.7 Å². The van der Waals surface area contributed by atoms with E-state index in [2.05, 4.69) is 10.2 Å². The summed E-state index contributed by atoms with van der Waals surface area (Å²) in [6.07, 6.45) is 8.75. The lowest BCUT2D eigenvalue weighted by Gasteiger charge is -2.32. The standard InChI is InChI=1S/C23H34ClN3O4/c1-30-21-15-20(25)19(24)14-18(21)23(29)31-12-11-27-9-7-17(8-10-27)26-22(28)13-16-5-3-2-4-6-16/h14-17H,2-13,25H2,1H3,(H,26,28). The number of esters is 1. The zero-order valence-electron chi connectivity index (χ0n) is 18.3. The van der Waals surface area contributed by atoms with Crippen LogP contribution in [0.2, 0.25) is 5.02 Å². The summed E-state index contributed by atoms with van der Waals surface area (Å²) >= 11 is 6.02. The first-order chi connectivity index (χ1) is 15.0. The highest BCUT2D eigenvalue weighted by Crippen LogP contribution is 2.29. The molecule has 0 radical (unpaired) electrons. The van der Waals surface area contributed by atoms with Crippen LogP contribution < -0.4 is 15.8 Å². The Labute approximate surface area is 189 Å². The van der Waals surface area contributed by atoms with Crippen molar-refractivity contribution >= 4 is 29.2 Å². The van der Waals surface area contributed by atoms with E-state index in [1.807, 2.05) is 0 Å². The van der Waals surface area contributed by atoms with E-state index in [9.17, 15) is 9.59 Å². The van der Waals surface area contributed by atoms with Crippen LogP contribution >= 0.6 is 11.6 Å². The molecule has 31 heavy (non-hydrogen) atoms. The van der Waals surface area contributed by atoms with Gasteiger partial charge in [-0.3, -0.25) is 9.69 Å². The molecular weight excluding hydrogens is 418 g/mol. The number of carbonyl (C=O) groups excluding carboxylic acids is 2. The molecule has 7 nitrogen and oxygen atoms in total. The molecule has 3 N–H and O–H groups in total. The minimum Gasteiger partial charge on any atom is -0.496 e. The number of hydrogen-bond acceptors (Lipinski definition) is 6. The highest BCUT2D eigenvalue weighted by Gasteiger charge is 2.23. The van der Waals surface area contributed by atoms with Crippen molar-refractivity contribution in [2.24, 2.45) is 5.92 Å². The van der Waals surface area contributed by atoms with E-state index >= 15 is 0 Å². The molecule has 0 unspecified atom stereocenters. The van der Waals surface area contributed by atoms with Gasteiger partial charge in [-0.2, -0.15) is 0 Å². The Kier molecular flexibility index (Phi) is 8.84. The lowest BCUT2D eigenvalue weighted by atomic mass is 9.86. The summed E-state index contributed by atoms with van der Waals surface area (Å²) in [5, 5.41) is 3.51. The Bertz CT molecular complexity index is 759. The van der Waals surface area contributed by atoms with Gasteiger partial charge in [-0.15, -0.1) is 0 Å². The number of benzene rings is 1. The number of nitrogen functional groups attached to an aromatic ring is 1. The molecule has 8 heteroatoms. The zero-order chi connectivity index (χ0) is 22.2. The van der Waals surface area contributed by atoms with Gasteiger partial charge in [0.1, 0.15) is 17.9 Å². The Morgan fingerprint density at radius 2 is 1.87 bits per heavy atom. The van der Waals surface area contributed by atoms with Crippen LogP contribution in [-0.2, 0) is 9.53 Å². The number of likely N-dealkylation sites (tertiary alicyclic amines) is 1. The van der Waals surface area contributed by atoms with Crippen LogP contribution in [0.5, 0.6) is 5.75 Å². The first kappa shape index (κ1) is 23.7. The number of nitrogens with zero attached hydrogens (tertiary/aromatic N) is 1. The van der Waals surface area contributed by atoms with Gasteiger partial charge in [-0.1, -0.05) is 30.9 Å². The second kappa shape index (κ2) is 11.6. The highest BCUT2D eigenvalue weighted by molar-refractivity contribution is 6.33. The number of hydrogen-bond donors (Lipinski definition) is 2. The lowest BCUT2D eigenvalue weighted by Crippen LogP contribution is -2.45. The number of rotatable bonds is 8. The van der Waals surface area contributed by atoms with Crippen LogP contribution in [0.4, 0.5) is 5.69 Å². The topological polar surface area (TPSA) is 93.9 Å². The van der Waals surface area contributed by atoms with Crippen LogP contribution in [0.3, 0.4) is 0 Å². The molecular formula is C23H34ClN3O4. The van der Waals surface area contributed by atoms with Crippen LogP contribution in [0.25, 0.3) is 0 Å². The summed E-state index contributed by atoms with van der Waals surface area (Å²) in [6, 6.07) is 3.24. The van der Waals surface area contributed by atoms with E-state index in [-0.39, 0.29) is 24.1 Å². The molecule has 2 aliphatic rings. The molecule has 1 amide bonds. The molecule has 172 valence electrons. The monoisotopic (exact) mass is 451 g/mol. The van der Waals surface area contributed by atoms with Crippen molar-refractivity contribution in [1.29, 1.82) is 0 Å². The largest absolute Gasteiger partial charge is 0.496 e. The summed E-state index contributed by atoms with van der Waals surface area (Å²) in [6.45, 7) is 2.69. The third kappa shape index (κ3) is 7.01. The fourth-order valence-electron chi connectivity index (χ4n) is 4.48. The van der Waals surface area contributed by atoms with Crippen molar-refractivity contribution in [1.82, 2.24) is 10.2 Å². The third-order valence-electron chi connectivity index (χ3n) is 6.33. The van der Waals surface area contributed by atoms with Gasteiger partial charge in [-0.25, -0.2) is 4.79 Å². The fraction of sp³-hybridized carbons (Fsp3) is 0.652. The van der Waals surface area contributed by atoms with E-state index in [1.165, 1.54) is 51.3 Å². The normalized spacial score (nSPS) is 18.5. The van der Waals surface area contributed by atoms with E-state index in [0.29, 0.717) is 35.3 Å². The van der Waals surface area contributed by atoms with E-state index in [4.69, 9.17) is 26.8 Å². The van der Waals surface area contributed by atoms with Crippen LogP contribution in [-0.4, -0.2) is 56.2 Å². The van der Waals surface area contributed by atoms with Gasteiger partial charge in [0, 0.05) is 38.2 Å². The summed E-state index contributed by atoms with van der Waals surface area (Å²) in [4.78, 5) is 27.0. The summed E-state index contributed by atoms with van der Waals surface area (Å²) in [5.74, 6) is 0.633. The second-order valence-electron chi connectivity index (χ2n) is 8.60.